The molecule has 0 saturated carbocycles. The van der Waals surface area contributed by atoms with Crippen molar-refractivity contribution in [3.8, 4) is 0 Å². The van der Waals surface area contributed by atoms with E-state index in [4.69, 9.17) is 0 Å². The number of pyridine rings is 1. The van der Waals surface area contributed by atoms with Gasteiger partial charge in [-0.05, 0) is 43.6 Å². The normalized spacial score (nSPS) is 19.1. The third-order valence-electron chi connectivity index (χ3n) is 3.35. The van der Waals surface area contributed by atoms with Crippen LogP contribution >= 0.6 is 0 Å². The molecule has 4 heteroatoms. The Morgan fingerprint density at radius 2 is 2.00 bits per heavy atom. The van der Waals surface area contributed by atoms with E-state index in [1.54, 1.807) is 19.4 Å². The third-order valence-corrected chi connectivity index (χ3v) is 3.35. The fourth-order valence-corrected chi connectivity index (χ4v) is 2.41. The van der Waals surface area contributed by atoms with E-state index in [2.05, 4.69) is 15.6 Å². The molecule has 0 bridgehead atoms. The predicted octanol–water partition coefficient (Wildman–Crippen LogP) is 0.449. The largest absolute Gasteiger partial charge is 0.358 e. The second-order valence-electron chi connectivity index (χ2n) is 4.15. The molecule has 0 unspecified atom stereocenters. The number of nitrogens with one attached hydrogen (secondary N) is 2. The molecule has 1 aliphatic heterocycles. The average molecular weight is 219 g/mol. The maximum Gasteiger partial charge on any atom is 0.230 e. The number of rotatable bonds is 2. The average Bonchev–Trinajstić information content (AvgIpc) is 2.39. The van der Waals surface area contributed by atoms with Crippen molar-refractivity contribution < 1.29 is 4.79 Å². The molecule has 1 aromatic rings. The Hall–Kier alpha value is -1.42. The first-order valence-corrected chi connectivity index (χ1v) is 5.63. The second-order valence-corrected chi connectivity index (χ2v) is 4.15. The van der Waals surface area contributed by atoms with E-state index < -0.39 is 0 Å². The second kappa shape index (κ2) is 4.61. The van der Waals surface area contributed by atoms with Crippen molar-refractivity contribution in [1.29, 1.82) is 0 Å². The van der Waals surface area contributed by atoms with Gasteiger partial charge in [0, 0.05) is 19.4 Å². The lowest BCUT2D eigenvalue weighted by molar-refractivity contribution is -0.127. The smallest absolute Gasteiger partial charge is 0.230 e. The summed E-state index contributed by atoms with van der Waals surface area (Å²) in [5, 5.41) is 6.08. The van der Waals surface area contributed by atoms with Crippen molar-refractivity contribution in [2.24, 2.45) is 0 Å². The van der Waals surface area contributed by atoms with Crippen LogP contribution in [-0.2, 0) is 10.2 Å². The van der Waals surface area contributed by atoms with Crippen molar-refractivity contribution in [1.82, 2.24) is 15.6 Å². The Labute approximate surface area is 95.5 Å². The van der Waals surface area contributed by atoms with E-state index in [0.717, 1.165) is 31.5 Å². The van der Waals surface area contributed by atoms with Crippen LogP contribution in [0.25, 0.3) is 0 Å². The SMILES string of the molecule is CNC(=O)C1(c2ccncc2)CCNCC1. The van der Waals surface area contributed by atoms with E-state index in [-0.39, 0.29) is 11.3 Å². The maximum atomic E-state index is 12.1. The summed E-state index contributed by atoms with van der Waals surface area (Å²) in [6.07, 6.45) is 5.19. The Kier molecular flexibility index (Phi) is 3.19. The number of carbonyl (C=O) groups is 1. The Morgan fingerprint density at radius 1 is 1.38 bits per heavy atom. The van der Waals surface area contributed by atoms with Crippen LogP contribution in [0.15, 0.2) is 24.5 Å². The number of amides is 1. The van der Waals surface area contributed by atoms with Gasteiger partial charge in [-0.15, -0.1) is 0 Å². The number of piperidine rings is 1. The zero-order valence-electron chi connectivity index (χ0n) is 9.49. The summed E-state index contributed by atoms with van der Waals surface area (Å²) >= 11 is 0. The quantitative estimate of drug-likeness (QED) is 0.759. The van der Waals surface area contributed by atoms with E-state index >= 15 is 0 Å². The number of aromatic nitrogens is 1. The van der Waals surface area contributed by atoms with Crippen LogP contribution in [0.5, 0.6) is 0 Å². The van der Waals surface area contributed by atoms with Crippen molar-refractivity contribution in [3.05, 3.63) is 30.1 Å². The first-order chi connectivity index (χ1) is 7.79. The summed E-state index contributed by atoms with van der Waals surface area (Å²) in [5.41, 5.74) is 0.700. The van der Waals surface area contributed by atoms with Crippen molar-refractivity contribution >= 4 is 5.91 Å². The number of nitrogens with zero attached hydrogens (tertiary/aromatic N) is 1. The highest BCUT2D eigenvalue weighted by Gasteiger charge is 2.40. The summed E-state index contributed by atoms with van der Waals surface area (Å²) in [4.78, 5) is 16.1. The van der Waals surface area contributed by atoms with Crippen molar-refractivity contribution in [2.75, 3.05) is 20.1 Å². The lowest BCUT2D eigenvalue weighted by Gasteiger charge is -2.36. The predicted molar refractivity (Wildman–Crippen MR) is 62.1 cm³/mol. The fourth-order valence-electron chi connectivity index (χ4n) is 2.41. The first kappa shape index (κ1) is 11.1. The van der Waals surface area contributed by atoms with Crippen molar-refractivity contribution in [2.45, 2.75) is 18.3 Å². The molecule has 2 rings (SSSR count). The minimum atomic E-state index is -0.372. The van der Waals surface area contributed by atoms with Gasteiger partial charge in [-0.25, -0.2) is 0 Å². The molecular formula is C12H17N3O. The minimum absolute atomic E-state index is 0.111. The first-order valence-electron chi connectivity index (χ1n) is 5.63. The Bertz CT molecular complexity index is 358. The Balaban J connectivity index is 2.38. The van der Waals surface area contributed by atoms with Crippen LogP contribution in [0.2, 0.25) is 0 Å². The monoisotopic (exact) mass is 219 g/mol. The summed E-state index contributed by atoms with van der Waals surface area (Å²) < 4.78 is 0. The fraction of sp³-hybridized carbons (Fsp3) is 0.500. The van der Waals surface area contributed by atoms with Gasteiger partial charge in [0.15, 0.2) is 0 Å². The summed E-state index contributed by atoms with van der Waals surface area (Å²) in [6, 6.07) is 3.89. The van der Waals surface area contributed by atoms with Gasteiger partial charge in [0.2, 0.25) is 5.91 Å². The van der Waals surface area contributed by atoms with Gasteiger partial charge < -0.3 is 10.6 Å². The highest BCUT2D eigenvalue weighted by molar-refractivity contribution is 5.88. The molecular weight excluding hydrogens is 202 g/mol. The molecule has 0 atom stereocenters. The molecule has 1 aromatic heterocycles. The third kappa shape index (κ3) is 1.80. The molecule has 0 aliphatic carbocycles. The van der Waals surface area contributed by atoms with Crippen LogP contribution in [0.3, 0.4) is 0 Å². The van der Waals surface area contributed by atoms with Gasteiger partial charge in [0.1, 0.15) is 0 Å². The molecule has 0 radical (unpaired) electrons. The van der Waals surface area contributed by atoms with E-state index in [1.807, 2.05) is 12.1 Å². The molecule has 1 aliphatic rings. The number of hydrogen-bond donors (Lipinski definition) is 2. The van der Waals surface area contributed by atoms with E-state index in [1.165, 1.54) is 0 Å². The van der Waals surface area contributed by atoms with Crippen molar-refractivity contribution in [3.63, 3.8) is 0 Å². The van der Waals surface area contributed by atoms with E-state index in [9.17, 15) is 4.79 Å². The van der Waals surface area contributed by atoms with Gasteiger partial charge in [0.25, 0.3) is 0 Å². The molecule has 86 valence electrons. The highest BCUT2D eigenvalue weighted by Crippen LogP contribution is 2.33. The molecule has 0 spiro atoms. The number of likely N-dealkylation sites (N-methyl/N-ethyl adjacent to an activating group) is 1. The maximum absolute atomic E-state index is 12.1. The van der Waals surface area contributed by atoms with Crippen LogP contribution in [0, 0.1) is 0 Å². The minimum Gasteiger partial charge on any atom is -0.358 e. The lowest BCUT2D eigenvalue weighted by atomic mass is 9.72. The number of carbonyl (C=O) groups excluding carboxylic acids is 1. The summed E-state index contributed by atoms with van der Waals surface area (Å²) in [7, 11) is 1.70. The lowest BCUT2D eigenvalue weighted by Crippen LogP contribution is -2.49. The summed E-state index contributed by atoms with van der Waals surface area (Å²) in [5.74, 6) is 0.111. The number of hydrogen-bond acceptors (Lipinski definition) is 3. The Morgan fingerprint density at radius 3 is 2.56 bits per heavy atom. The van der Waals surface area contributed by atoms with Crippen LogP contribution in [0.4, 0.5) is 0 Å². The highest BCUT2D eigenvalue weighted by atomic mass is 16.2. The van der Waals surface area contributed by atoms with E-state index in [0.29, 0.717) is 0 Å². The molecule has 2 N–H and O–H groups in total. The molecule has 1 fully saturated rings. The zero-order valence-corrected chi connectivity index (χ0v) is 9.49. The molecule has 16 heavy (non-hydrogen) atoms. The van der Waals surface area contributed by atoms with Gasteiger partial charge in [-0.3, -0.25) is 9.78 Å². The molecule has 1 amide bonds. The molecule has 4 nitrogen and oxygen atoms in total. The standard InChI is InChI=1S/C12H17N3O/c1-13-11(16)12(4-8-15-9-5-12)10-2-6-14-7-3-10/h2-3,6-7,15H,4-5,8-9H2,1H3,(H,13,16). The van der Waals surface area contributed by atoms with Gasteiger partial charge in [0.05, 0.1) is 5.41 Å². The summed E-state index contributed by atoms with van der Waals surface area (Å²) in [6.45, 7) is 1.77. The molecule has 0 aromatic carbocycles. The van der Waals surface area contributed by atoms with Gasteiger partial charge >= 0.3 is 0 Å². The van der Waals surface area contributed by atoms with Gasteiger partial charge in [-0.1, -0.05) is 0 Å². The van der Waals surface area contributed by atoms with Crippen LogP contribution in [-0.4, -0.2) is 31.0 Å². The van der Waals surface area contributed by atoms with Crippen LogP contribution in [0.1, 0.15) is 18.4 Å². The van der Waals surface area contributed by atoms with Crippen LogP contribution < -0.4 is 10.6 Å². The molecule has 2 heterocycles. The topological polar surface area (TPSA) is 54.0 Å². The van der Waals surface area contributed by atoms with Gasteiger partial charge in [-0.2, -0.15) is 0 Å². The zero-order chi connectivity index (χ0) is 11.4. The molecule has 1 saturated heterocycles.